The normalized spacial score (nSPS) is 16.8. The van der Waals surface area contributed by atoms with Gasteiger partial charge in [0.2, 0.25) is 5.95 Å². The van der Waals surface area contributed by atoms with Crippen LogP contribution in [0.1, 0.15) is 24.1 Å². The van der Waals surface area contributed by atoms with Crippen LogP contribution in [0.25, 0.3) is 16.8 Å². The number of carbonyl (C=O) groups excluding carboxylic acids is 2. The molecule has 0 bridgehead atoms. The molecule has 1 unspecified atom stereocenters. The fourth-order valence-corrected chi connectivity index (χ4v) is 4.40. The number of ether oxygens (including phenoxy) is 3. The van der Waals surface area contributed by atoms with Gasteiger partial charge in [-0.25, -0.2) is 4.98 Å². The first-order valence-electron chi connectivity index (χ1n) is 11.5. The van der Waals surface area contributed by atoms with Gasteiger partial charge in [0.05, 0.1) is 43.5 Å². The van der Waals surface area contributed by atoms with Crippen LogP contribution < -0.4 is 19.1 Å². The molecule has 1 aliphatic heterocycles. The van der Waals surface area contributed by atoms with Gasteiger partial charge in [0.15, 0.2) is 11.5 Å². The van der Waals surface area contributed by atoms with Crippen LogP contribution in [0.4, 0.5) is 5.95 Å². The Balaban J connectivity index is 1.69. The third kappa shape index (κ3) is 4.12. The number of rotatable bonds is 7. The van der Waals surface area contributed by atoms with E-state index in [2.05, 4.69) is 15.0 Å². The zero-order valence-corrected chi connectivity index (χ0v) is 20.4. The van der Waals surface area contributed by atoms with Crippen LogP contribution in [0.2, 0.25) is 0 Å². The summed E-state index contributed by atoms with van der Waals surface area (Å²) in [4.78, 5) is 39.8. The summed E-state index contributed by atoms with van der Waals surface area (Å²) >= 11 is 0. The van der Waals surface area contributed by atoms with Crippen LogP contribution in [0, 0.1) is 0 Å². The van der Waals surface area contributed by atoms with E-state index in [4.69, 9.17) is 14.2 Å². The van der Waals surface area contributed by atoms with E-state index in [0.29, 0.717) is 46.0 Å². The maximum Gasteiger partial charge on any atom is 0.302 e. The van der Waals surface area contributed by atoms with E-state index in [1.165, 1.54) is 19.1 Å². The summed E-state index contributed by atoms with van der Waals surface area (Å²) in [5.41, 5.74) is 1.87. The summed E-state index contributed by atoms with van der Waals surface area (Å²) in [6.07, 6.45) is 3.13. The predicted octanol–water partition coefficient (Wildman–Crippen LogP) is 4.00. The van der Waals surface area contributed by atoms with E-state index < -0.39 is 17.7 Å². The number of aromatic nitrogens is 3. The lowest BCUT2D eigenvalue weighted by molar-refractivity contribution is -0.132. The number of aliphatic hydroxyl groups is 1. The van der Waals surface area contributed by atoms with E-state index in [-0.39, 0.29) is 17.3 Å². The van der Waals surface area contributed by atoms with Crippen molar-refractivity contribution in [3.63, 3.8) is 0 Å². The molecule has 2 N–H and O–H groups in total. The topological polar surface area (TPSA) is 127 Å². The van der Waals surface area contributed by atoms with Crippen LogP contribution in [0.5, 0.6) is 17.2 Å². The van der Waals surface area contributed by atoms with E-state index in [0.717, 1.165) is 0 Å². The molecule has 1 aliphatic rings. The fourth-order valence-electron chi connectivity index (χ4n) is 4.40. The molecule has 0 spiro atoms. The van der Waals surface area contributed by atoms with Gasteiger partial charge < -0.3 is 24.3 Å². The molecule has 0 aliphatic carbocycles. The number of anilines is 1. The molecule has 3 heterocycles. The summed E-state index contributed by atoms with van der Waals surface area (Å²) in [5, 5.41) is 11.3. The number of methoxy groups -OCH3 is 2. The van der Waals surface area contributed by atoms with Crippen molar-refractivity contribution in [1.82, 2.24) is 15.0 Å². The summed E-state index contributed by atoms with van der Waals surface area (Å²) < 4.78 is 16.3. The highest BCUT2D eigenvalue weighted by Crippen LogP contribution is 2.42. The van der Waals surface area contributed by atoms with Crippen LogP contribution in [0.3, 0.4) is 0 Å². The number of benzene rings is 2. The van der Waals surface area contributed by atoms with Crippen molar-refractivity contribution in [3.8, 4) is 17.2 Å². The van der Waals surface area contributed by atoms with Gasteiger partial charge in [-0.2, -0.15) is 0 Å². The molecule has 4 aromatic rings. The quantitative estimate of drug-likeness (QED) is 0.222. The summed E-state index contributed by atoms with van der Waals surface area (Å²) in [5.74, 6) is -0.408. The minimum Gasteiger partial charge on any atom is -0.507 e. The molecule has 10 nitrogen and oxygen atoms in total. The van der Waals surface area contributed by atoms with Crippen molar-refractivity contribution in [2.45, 2.75) is 13.0 Å². The number of aliphatic hydroxyl groups excluding tert-OH is 1. The first-order valence-corrected chi connectivity index (χ1v) is 11.5. The molecule has 2 aromatic carbocycles. The number of fused-ring (bicyclic) bond motifs is 1. The van der Waals surface area contributed by atoms with Crippen LogP contribution in [0.15, 0.2) is 66.5 Å². The number of carbonyl (C=O) groups is 2. The first kappa shape index (κ1) is 23.9. The van der Waals surface area contributed by atoms with Gasteiger partial charge in [-0.15, -0.1) is 0 Å². The SMILES string of the molecule is CCOc1cccc(/C(O)=C2\C(=O)C(=O)N(c3nc4cc(OC)c(OC)cc4[nH]3)C2c2cccnc2)c1. The molecule has 1 atom stereocenters. The number of nitrogens with zero attached hydrogens (tertiary/aromatic N) is 3. The number of nitrogens with one attached hydrogen (secondary N) is 1. The molecule has 1 saturated heterocycles. The predicted molar refractivity (Wildman–Crippen MR) is 136 cm³/mol. The highest BCUT2D eigenvalue weighted by atomic mass is 16.5. The van der Waals surface area contributed by atoms with Crippen molar-refractivity contribution < 1.29 is 28.9 Å². The van der Waals surface area contributed by atoms with E-state index >= 15 is 0 Å². The van der Waals surface area contributed by atoms with E-state index in [1.54, 1.807) is 60.9 Å². The Labute approximate surface area is 212 Å². The second-order valence-corrected chi connectivity index (χ2v) is 8.20. The average Bonchev–Trinajstić information content (AvgIpc) is 3.45. The van der Waals surface area contributed by atoms with Gasteiger partial charge in [-0.05, 0) is 30.7 Å². The van der Waals surface area contributed by atoms with Crippen molar-refractivity contribution in [2.75, 3.05) is 25.7 Å². The number of ketones is 1. The van der Waals surface area contributed by atoms with Gasteiger partial charge in [0.1, 0.15) is 11.5 Å². The number of imidazole rings is 1. The minimum atomic E-state index is -0.978. The molecule has 5 rings (SSSR count). The number of H-pyrrole nitrogens is 1. The monoisotopic (exact) mass is 500 g/mol. The second kappa shape index (κ2) is 9.65. The summed E-state index contributed by atoms with van der Waals surface area (Å²) in [7, 11) is 3.03. The second-order valence-electron chi connectivity index (χ2n) is 8.20. The van der Waals surface area contributed by atoms with Gasteiger partial charge >= 0.3 is 5.91 Å². The third-order valence-electron chi connectivity index (χ3n) is 6.07. The first-order chi connectivity index (χ1) is 18.0. The van der Waals surface area contributed by atoms with Crippen molar-refractivity contribution >= 4 is 34.4 Å². The molecule has 0 saturated carbocycles. The lowest BCUT2D eigenvalue weighted by Gasteiger charge is -2.22. The maximum atomic E-state index is 13.4. The summed E-state index contributed by atoms with van der Waals surface area (Å²) in [6, 6.07) is 12.5. The smallest absolute Gasteiger partial charge is 0.302 e. The zero-order valence-electron chi connectivity index (χ0n) is 20.4. The fraction of sp³-hybridized carbons (Fsp3) is 0.185. The van der Waals surface area contributed by atoms with Crippen molar-refractivity contribution in [1.29, 1.82) is 0 Å². The lowest BCUT2D eigenvalue weighted by atomic mass is 9.96. The summed E-state index contributed by atoms with van der Waals surface area (Å²) in [6.45, 7) is 2.28. The minimum absolute atomic E-state index is 0.0812. The standard InChI is InChI=1S/C27H24N4O6/c1-4-37-17-9-5-7-15(11-17)24(32)22-23(16-8-6-10-28-14-16)31(26(34)25(22)33)27-29-18-12-20(35-2)21(36-3)13-19(18)30-27/h5-14,23,32H,4H2,1-3H3,(H,29,30)/b24-22+. The number of Topliss-reactive ketones (excluding diaryl/α,β-unsaturated/α-hetero) is 1. The largest absolute Gasteiger partial charge is 0.507 e. The highest BCUT2D eigenvalue weighted by molar-refractivity contribution is 6.51. The van der Waals surface area contributed by atoms with Gasteiger partial charge in [0, 0.05) is 30.1 Å². The molecular formula is C27H24N4O6. The molecule has 1 amide bonds. The van der Waals surface area contributed by atoms with E-state index in [9.17, 15) is 14.7 Å². The van der Waals surface area contributed by atoms with Gasteiger partial charge in [-0.3, -0.25) is 19.5 Å². The van der Waals surface area contributed by atoms with Crippen LogP contribution in [-0.2, 0) is 9.59 Å². The highest BCUT2D eigenvalue weighted by Gasteiger charge is 2.48. The van der Waals surface area contributed by atoms with Gasteiger partial charge in [0.25, 0.3) is 5.78 Å². The average molecular weight is 501 g/mol. The maximum absolute atomic E-state index is 13.4. The Morgan fingerprint density at radius 1 is 1.08 bits per heavy atom. The molecular weight excluding hydrogens is 476 g/mol. The Hall–Kier alpha value is -4.86. The van der Waals surface area contributed by atoms with Crippen molar-refractivity contribution in [2.24, 2.45) is 0 Å². The molecule has 2 aromatic heterocycles. The third-order valence-corrected chi connectivity index (χ3v) is 6.07. The molecule has 0 radical (unpaired) electrons. The number of hydrogen-bond acceptors (Lipinski definition) is 8. The molecule has 37 heavy (non-hydrogen) atoms. The number of amides is 1. The molecule has 10 heteroatoms. The number of aromatic amines is 1. The Morgan fingerprint density at radius 3 is 2.57 bits per heavy atom. The Kier molecular flexibility index (Phi) is 6.22. The lowest BCUT2D eigenvalue weighted by Crippen LogP contribution is -2.30. The molecule has 1 fully saturated rings. The van der Waals surface area contributed by atoms with E-state index in [1.807, 2.05) is 6.92 Å². The van der Waals surface area contributed by atoms with Crippen LogP contribution >= 0.6 is 0 Å². The number of pyridine rings is 1. The van der Waals surface area contributed by atoms with Crippen molar-refractivity contribution in [3.05, 3.63) is 77.6 Å². The Bertz CT molecular complexity index is 1490. The molecule has 188 valence electrons. The Morgan fingerprint density at radius 2 is 1.86 bits per heavy atom. The van der Waals surface area contributed by atoms with Gasteiger partial charge in [-0.1, -0.05) is 18.2 Å². The zero-order chi connectivity index (χ0) is 26.1. The van der Waals surface area contributed by atoms with Crippen LogP contribution in [-0.4, -0.2) is 52.6 Å². The number of hydrogen-bond donors (Lipinski definition) is 2.